The molecule has 0 unspecified atom stereocenters. The van der Waals surface area contributed by atoms with Gasteiger partial charge < -0.3 is 4.57 Å². The molecule has 0 aliphatic heterocycles. The Morgan fingerprint density at radius 3 is 2.50 bits per heavy atom. The summed E-state index contributed by atoms with van der Waals surface area (Å²) in [5.41, 5.74) is 2.35. The highest BCUT2D eigenvalue weighted by Crippen LogP contribution is 2.26. The molecule has 2 heterocycles. The molecule has 0 fully saturated rings. The maximum Gasteiger partial charge on any atom is 0.191 e. The molecule has 5 heteroatoms. The molecule has 3 aromatic rings. The Bertz CT molecular complexity index is 710. The number of rotatable bonds is 6. The van der Waals surface area contributed by atoms with Crippen molar-refractivity contribution >= 4 is 11.8 Å². The molecule has 0 N–H and O–H groups in total. The molecule has 3 rings (SSSR count). The number of aromatic nitrogens is 4. The van der Waals surface area contributed by atoms with Gasteiger partial charge in [0.15, 0.2) is 11.0 Å². The Labute approximate surface area is 134 Å². The molecule has 0 saturated carbocycles. The molecule has 0 atom stereocenters. The lowest BCUT2D eigenvalue weighted by molar-refractivity contribution is 0.626. The van der Waals surface area contributed by atoms with Crippen LogP contribution in [0.5, 0.6) is 0 Å². The summed E-state index contributed by atoms with van der Waals surface area (Å²) in [7, 11) is 0. The lowest BCUT2D eigenvalue weighted by Crippen LogP contribution is -2.02. The fourth-order valence-corrected chi connectivity index (χ4v) is 3.18. The summed E-state index contributed by atoms with van der Waals surface area (Å²) in [6.07, 6.45) is 4.63. The highest BCUT2D eigenvalue weighted by Gasteiger charge is 2.13. The third kappa shape index (κ3) is 3.36. The molecule has 112 valence electrons. The average Bonchev–Trinajstić information content (AvgIpc) is 2.98. The first-order valence-electron chi connectivity index (χ1n) is 7.39. The third-order valence-electron chi connectivity index (χ3n) is 3.31. The van der Waals surface area contributed by atoms with Crippen LogP contribution in [0.4, 0.5) is 0 Å². The first-order valence-corrected chi connectivity index (χ1v) is 8.37. The zero-order valence-electron chi connectivity index (χ0n) is 12.5. The molecule has 2 aromatic heterocycles. The highest BCUT2D eigenvalue weighted by atomic mass is 32.2. The molecule has 0 saturated heterocycles. The monoisotopic (exact) mass is 310 g/mol. The number of nitrogens with zero attached hydrogens (tertiary/aromatic N) is 4. The van der Waals surface area contributed by atoms with E-state index in [9.17, 15) is 0 Å². The summed E-state index contributed by atoms with van der Waals surface area (Å²) < 4.78 is 2.20. The van der Waals surface area contributed by atoms with Gasteiger partial charge in [0.25, 0.3) is 0 Å². The van der Waals surface area contributed by atoms with Crippen molar-refractivity contribution in [1.29, 1.82) is 0 Å². The van der Waals surface area contributed by atoms with Gasteiger partial charge in [-0.25, -0.2) is 0 Å². The summed E-state index contributed by atoms with van der Waals surface area (Å²) in [6, 6.07) is 14.4. The molecular weight excluding hydrogens is 292 g/mol. The maximum atomic E-state index is 4.38. The second-order valence-electron chi connectivity index (χ2n) is 4.97. The second-order valence-corrected chi connectivity index (χ2v) is 5.91. The largest absolute Gasteiger partial charge is 0.302 e. The van der Waals surface area contributed by atoms with Crippen LogP contribution in [0.25, 0.3) is 11.4 Å². The molecule has 1 aromatic carbocycles. The minimum atomic E-state index is 0.902. The predicted molar refractivity (Wildman–Crippen MR) is 89.5 cm³/mol. The number of pyridine rings is 1. The molecule has 4 nitrogen and oxygen atoms in total. The van der Waals surface area contributed by atoms with Crippen LogP contribution in [0.3, 0.4) is 0 Å². The quantitative estimate of drug-likeness (QED) is 0.644. The van der Waals surface area contributed by atoms with Gasteiger partial charge in [-0.3, -0.25) is 4.98 Å². The molecule has 22 heavy (non-hydrogen) atoms. The van der Waals surface area contributed by atoms with E-state index >= 15 is 0 Å². The predicted octanol–water partition coefficient (Wildman–Crippen LogP) is 4.04. The maximum absolute atomic E-state index is 4.38. The minimum Gasteiger partial charge on any atom is -0.302 e. The average molecular weight is 310 g/mol. The van der Waals surface area contributed by atoms with E-state index in [4.69, 9.17) is 0 Å². The summed E-state index contributed by atoms with van der Waals surface area (Å²) in [5.74, 6) is 1.82. The Balaban J connectivity index is 1.84. The summed E-state index contributed by atoms with van der Waals surface area (Å²) >= 11 is 1.73. The third-order valence-corrected chi connectivity index (χ3v) is 4.35. The fourth-order valence-electron chi connectivity index (χ4n) is 2.26. The van der Waals surface area contributed by atoms with E-state index in [1.807, 2.05) is 18.2 Å². The smallest absolute Gasteiger partial charge is 0.191 e. The second kappa shape index (κ2) is 7.22. The zero-order valence-corrected chi connectivity index (χ0v) is 13.3. The first-order chi connectivity index (χ1) is 10.9. The van der Waals surface area contributed by atoms with E-state index in [0.717, 1.165) is 35.3 Å². The van der Waals surface area contributed by atoms with Crippen LogP contribution in [0.15, 0.2) is 60.0 Å². The van der Waals surface area contributed by atoms with Crippen molar-refractivity contribution in [1.82, 2.24) is 19.7 Å². The van der Waals surface area contributed by atoms with Crippen molar-refractivity contribution in [3.05, 3.63) is 60.4 Å². The molecule has 0 spiro atoms. The van der Waals surface area contributed by atoms with Gasteiger partial charge in [-0.1, -0.05) is 49.0 Å². The summed E-state index contributed by atoms with van der Waals surface area (Å²) in [4.78, 5) is 4.07. The van der Waals surface area contributed by atoms with Gasteiger partial charge in [-0.15, -0.1) is 10.2 Å². The van der Waals surface area contributed by atoms with Gasteiger partial charge >= 0.3 is 0 Å². The van der Waals surface area contributed by atoms with Gasteiger partial charge in [0.1, 0.15) is 0 Å². The molecule has 0 aliphatic rings. The van der Waals surface area contributed by atoms with Crippen LogP contribution in [-0.4, -0.2) is 19.7 Å². The van der Waals surface area contributed by atoms with E-state index in [1.54, 1.807) is 24.2 Å². The first kappa shape index (κ1) is 14.8. The van der Waals surface area contributed by atoms with Crippen LogP contribution in [0.2, 0.25) is 0 Å². The van der Waals surface area contributed by atoms with Gasteiger partial charge in [-0.2, -0.15) is 0 Å². The molecular formula is C17H18N4S. The Kier molecular flexibility index (Phi) is 4.85. The normalized spacial score (nSPS) is 10.8. The van der Waals surface area contributed by atoms with E-state index in [1.165, 1.54) is 5.56 Å². The van der Waals surface area contributed by atoms with E-state index in [-0.39, 0.29) is 0 Å². The van der Waals surface area contributed by atoms with E-state index in [0.29, 0.717) is 0 Å². The van der Waals surface area contributed by atoms with Crippen molar-refractivity contribution in [3.63, 3.8) is 0 Å². The van der Waals surface area contributed by atoms with Crippen molar-refractivity contribution in [2.24, 2.45) is 0 Å². The van der Waals surface area contributed by atoms with Crippen molar-refractivity contribution in [2.75, 3.05) is 0 Å². The minimum absolute atomic E-state index is 0.902. The van der Waals surface area contributed by atoms with Gasteiger partial charge in [0.2, 0.25) is 0 Å². The highest BCUT2D eigenvalue weighted by molar-refractivity contribution is 7.98. The van der Waals surface area contributed by atoms with Crippen LogP contribution in [0, 0.1) is 0 Å². The molecule has 0 bridgehead atoms. The van der Waals surface area contributed by atoms with E-state index in [2.05, 4.69) is 50.9 Å². The fraction of sp³-hybridized carbons (Fsp3) is 0.235. The number of hydrogen-bond acceptors (Lipinski definition) is 4. The standard InChI is InChI=1S/C17H18N4S/c1-2-12-21-16(15-8-10-18-11-9-15)19-20-17(21)22-13-14-6-4-3-5-7-14/h3-11H,2,12-13H2,1H3. The summed E-state index contributed by atoms with van der Waals surface area (Å²) in [6.45, 7) is 3.09. The molecule has 0 radical (unpaired) electrons. The number of hydrogen-bond donors (Lipinski definition) is 0. The number of thioether (sulfide) groups is 1. The Morgan fingerprint density at radius 1 is 1.00 bits per heavy atom. The van der Waals surface area contributed by atoms with Crippen LogP contribution >= 0.6 is 11.8 Å². The van der Waals surface area contributed by atoms with Crippen LogP contribution < -0.4 is 0 Å². The van der Waals surface area contributed by atoms with Gasteiger partial charge in [0, 0.05) is 30.3 Å². The lowest BCUT2D eigenvalue weighted by atomic mass is 10.2. The van der Waals surface area contributed by atoms with Crippen molar-refractivity contribution in [3.8, 4) is 11.4 Å². The Morgan fingerprint density at radius 2 is 1.77 bits per heavy atom. The molecule has 0 amide bonds. The lowest BCUT2D eigenvalue weighted by Gasteiger charge is -2.08. The van der Waals surface area contributed by atoms with Crippen LogP contribution in [0.1, 0.15) is 18.9 Å². The SMILES string of the molecule is CCCn1c(SCc2ccccc2)nnc1-c1ccncc1. The Hall–Kier alpha value is -2.14. The van der Waals surface area contributed by atoms with E-state index < -0.39 is 0 Å². The van der Waals surface area contributed by atoms with Crippen molar-refractivity contribution in [2.45, 2.75) is 30.8 Å². The van der Waals surface area contributed by atoms with Gasteiger partial charge in [-0.05, 0) is 24.1 Å². The van der Waals surface area contributed by atoms with Crippen LogP contribution in [-0.2, 0) is 12.3 Å². The number of benzene rings is 1. The van der Waals surface area contributed by atoms with Gasteiger partial charge in [0.05, 0.1) is 0 Å². The van der Waals surface area contributed by atoms with Crippen molar-refractivity contribution < 1.29 is 0 Å². The zero-order chi connectivity index (χ0) is 15.2. The topological polar surface area (TPSA) is 43.6 Å². The molecule has 0 aliphatic carbocycles. The summed E-state index contributed by atoms with van der Waals surface area (Å²) in [5, 5.41) is 9.73.